The van der Waals surface area contributed by atoms with Crippen molar-refractivity contribution in [3.05, 3.63) is 48.3 Å². The molecule has 0 aliphatic carbocycles. The maximum absolute atomic E-state index is 11.8. The Kier molecular flexibility index (Phi) is 5.32. The molecular weight excluding hydrogens is 352 g/mol. The topological polar surface area (TPSA) is 74.6 Å². The number of likely N-dealkylation sites (tertiary alicyclic amines) is 1. The summed E-state index contributed by atoms with van der Waals surface area (Å²) < 4.78 is 1.88. The Morgan fingerprint density at radius 3 is 2.96 bits per heavy atom. The standard InChI is InChI=1S/C21H28N6O/c1-2-22-20(26-10-6-9-21(16-26)11-19(28)24-15-21)23-12-17-13-25-27(14-17)18-7-4-3-5-8-18/h3-5,7-8,13-14H,2,6,9-12,15-16H2,1H3,(H,22,23)(H,24,28). The van der Waals surface area contributed by atoms with Crippen molar-refractivity contribution >= 4 is 11.9 Å². The van der Waals surface area contributed by atoms with E-state index >= 15 is 0 Å². The summed E-state index contributed by atoms with van der Waals surface area (Å²) in [5.41, 5.74) is 2.17. The summed E-state index contributed by atoms with van der Waals surface area (Å²) in [5, 5.41) is 10.9. The molecule has 0 bridgehead atoms. The summed E-state index contributed by atoms with van der Waals surface area (Å²) in [5.74, 6) is 1.10. The molecule has 2 saturated heterocycles. The summed E-state index contributed by atoms with van der Waals surface area (Å²) in [6.07, 6.45) is 6.72. The van der Waals surface area contributed by atoms with Gasteiger partial charge in [0.2, 0.25) is 5.91 Å². The molecular formula is C21H28N6O. The van der Waals surface area contributed by atoms with Crippen LogP contribution in [0.5, 0.6) is 0 Å². The summed E-state index contributed by atoms with van der Waals surface area (Å²) in [7, 11) is 0. The van der Waals surface area contributed by atoms with E-state index in [0.29, 0.717) is 13.0 Å². The van der Waals surface area contributed by atoms with Crippen LogP contribution in [-0.2, 0) is 11.3 Å². The van der Waals surface area contributed by atoms with Gasteiger partial charge in [-0.15, -0.1) is 0 Å². The molecule has 1 aromatic heterocycles. The predicted octanol–water partition coefficient (Wildman–Crippen LogP) is 1.94. The summed E-state index contributed by atoms with van der Waals surface area (Å²) in [6.45, 7) is 6.12. The van der Waals surface area contributed by atoms with Gasteiger partial charge in [-0.2, -0.15) is 5.10 Å². The van der Waals surface area contributed by atoms with Crippen molar-refractivity contribution in [1.29, 1.82) is 0 Å². The Morgan fingerprint density at radius 2 is 2.21 bits per heavy atom. The van der Waals surface area contributed by atoms with Crippen molar-refractivity contribution in [2.24, 2.45) is 10.4 Å². The van der Waals surface area contributed by atoms with Gasteiger partial charge in [0.1, 0.15) is 0 Å². The van der Waals surface area contributed by atoms with Crippen LogP contribution in [0.1, 0.15) is 31.7 Å². The number of hydrogen-bond donors (Lipinski definition) is 2. The average molecular weight is 380 g/mol. The molecule has 2 N–H and O–H groups in total. The lowest BCUT2D eigenvalue weighted by molar-refractivity contribution is -0.119. The molecule has 28 heavy (non-hydrogen) atoms. The Bertz CT molecular complexity index is 846. The third kappa shape index (κ3) is 4.03. The minimum atomic E-state index is 0.0592. The normalized spacial score (nSPS) is 22.5. The monoisotopic (exact) mass is 380 g/mol. The molecule has 7 nitrogen and oxygen atoms in total. The zero-order valence-electron chi connectivity index (χ0n) is 16.4. The van der Waals surface area contributed by atoms with Gasteiger partial charge in [0.15, 0.2) is 5.96 Å². The summed E-state index contributed by atoms with van der Waals surface area (Å²) in [6, 6.07) is 10.1. The van der Waals surface area contributed by atoms with Gasteiger partial charge in [-0.1, -0.05) is 18.2 Å². The number of aromatic nitrogens is 2. The number of carbonyl (C=O) groups is 1. The lowest BCUT2D eigenvalue weighted by Gasteiger charge is -2.40. The van der Waals surface area contributed by atoms with E-state index in [9.17, 15) is 4.79 Å². The van der Waals surface area contributed by atoms with Gasteiger partial charge in [0.05, 0.1) is 18.4 Å². The number of piperidine rings is 1. The number of para-hydroxylation sites is 1. The number of nitrogens with one attached hydrogen (secondary N) is 2. The predicted molar refractivity (Wildman–Crippen MR) is 109 cm³/mol. The van der Waals surface area contributed by atoms with Gasteiger partial charge in [-0.05, 0) is 31.9 Å². The first-order chi connectivity index (χ1) is 13.7. The summed E-state index contributed by atoms with van der Waals surface area (Å²) in [4.78, 5) is 18.9. The molecule has 4 rings (SSSR count). The second-order valence-corrected chi connectivity index (χ2v) is 7.78. The second kappa shape index (κ2) is 8.04. The molecule has 1 unspecified atom stereocenters. The molecule has 2 fully saturated rings. The third-order valence-electron chi connectivity index (χ3n) is 5.56. The van der Waals surface area contributed by atoms with Gasteiger partial charge >= 0.3 is 0 Å². The minimum Gasteiger partial charge on any atom is -0.357 e. The molecule has 1 atom stereocenters. The third-order valence-corrected chi connectivity index (χ3v) is 5.56. The Hall–Kier alpha value is -2.83. The smallest absolute Gasteiger partial charge is 0.220 e. The number of aliphatic imine (C=N–C) groups is 1. The first-order valence-electron chi connectivity index (χ1n) is 10.1. The molecule has 7 heteroatoms. The van der Waals surface area contributed by atoms with E-state index in [2.05, 4.69) is 27.6 Å². The van der Waals surface area contributed by atoms with E-state index in [0.717, 1.165) is 56.2 Å². The molecule has 2 aromatic rings. The van der Waals surface area contributed by atoms with Crippen LogP contribution in [0.15, 0.2) is 47.7 Å². The van der Waals surface area contributed by atoms with E-state index in [1.165, 1.54) is 0 Å². The Morgan fingerprint density at radius 1 is 1.36 bits per heavy atom. The lowest BCUT2D eigenvalue weighted by Crippen LogP contribution is -2.51. The highest BCUT2D eigenvalue weighted by atomic mass is 16.1. The second-order valence-electron chi connectivity index (χ2n) is 7.78. The Balaban J connectivity index is 1.46. The highest BCUT2D eigenvalue weighted by molar-refractivity contribution is 5.81. The fourth-order valence-electron chi connectivity index (χ4n) is 4.18. The maximum Gasteiger partial charge on any atom is 0.220 e. The first-order valence-corrected chi connectivity index (χ1v) is 10.1. The van der Waals surface area contributed by atoms with Crippen LogP contribution in [0.25, 0.3) is 5.69 Å². The fourth-order valence-corrected chi connectivity index (χ4v) is 4.18. The van der Waals surface area contributed by atoms with Crippen LogP contribution in [-0.4, -0.2) is 52.7 Å². The number of benzene rings is 1. The van der Waals surface area contributed by atoms with Gasteiger partial charge in [0, 0.05) is 49.8 Å². The maximum atomic E-state index is 11.8. The number of rotatable bonds is 4. The van der Waals surface area contributed by atoms with Crippen molar-refractivity contribution in [3.63, 3.8) is 0 Å². The van der Waals surface area contributed by atoms with Gasteiger partial charge < -0.3 is 15.5 Å². The molecule has 1 amide bonds. The molecule has 1 aromatic carbocycles. The van der Waals surface area contributed by atoms with Crippen molar-refractivity contribution in [3.8, 4) is 5.69 Å². The van der Waals surface area contributed by atoms with Crippen molar-refractivity contribution in [2.45, 2.75) is 32.7 Å². The number of nitrogens with zero attached hydrogens (tertiary/aromatic N) is 4. The van der Waals surface area contributed by atoms with Crippen LogP contribution in [0, 0.1) is 5.41 Å². The number of amides is 1. The van der Waals surface area contributed by atoms with Crippen LogP contribution in [0.2, 0.25) is 0 Å². The van der Waals surface area contributed by atoms with Crippen LogP contribution in [0.4, 0.5) is 0 Å². The van der Waals surface area contributed by atoms with Crippen molar-refractivity contribution in [1.82, 2.24) is 25.3 Å². The van der Waals surface area contributed by atoms with Crippen LogP contribution >= 0.6 is 0 Å². The average Bonchev–Trinajstić information content (AvgIpc) is 3.33. The fraction of sp³-hybridized carbons (Fsp3) is 0.476. The highest BCUT2D eigenvalue weighted by Gasteiger charge is 2.42. The highest BCUT2D eigenvalue weighted by Crippen LogP contribution is 2.36. The molecule has 148 valence electrons. The molecule has 3 heterocycles. The zero-order valence-corrected chi connectivity index (χ0v) is 16.4. The number of guanidine groups is 1. The van der Waals surface area contributed by atoms with E-state index < -0.39 is 0 Å². The van der Waals surface area contributed by atoms with Crippen LogP contribution < -0.4 is 10.6 Å². The SMILES string of the molecule is CCNC(=NCc1cnn(-c2ccccc2)c1)N1CCCC2(CNC(=O)C2)C1. The molecule has 2 aliphatic rings. The quantitative estimate of drug-likeness (QED) is 0.628. The van der Waals surface area contributed by atoms with Crippen molar-refractivity contribution < 1.29 is 4.79 Å². The molecule has 1 spiro atoms. The van der Waals surface area contributed by atoms with E-state index in [1.807, 2.05) is 47.4 Å². The molecule has 0 radical (unpaired) electrons. The largest absolute Gasteiger partial charge is 0.357 e. The zero-order chi connectivity index (χ0) is 19.4. The molecule has 0 saturated carbocycles. The molecule has 2 aliphatic heterocycles. The lowest BCUT2D eigenvalue weighted by atomic mass is 9.79. The number of carbonyl (C=O) groups excluding carboxylic acids is 1. The van der Waals surface area contributed by atoms with Gasteiger partial charge in [0.25, 0.3) is 0 Å². The number of hydrogen-bond acceptors (Lipinski definition) is 3. The van der Waals surface area contributed by atoms with Gasteiger partial charge in [-0.25, -0.2) is 9.67 Å². The van der Waals surface area contributed by atoms with Crippen molar-refractivity contribution in [2.75, 3.05) is 26.2 Å². The van der Waals surface area contributed by atoms with E-state index in [4.69, 9.17) is 4.99 Å². The van der Waals surface area contributed by atoms with E-state index in [1.54, 1.807) is 0 Å². The summed E-state index contributed by atoms with van der Waals surface area (Å²) >= 11 is 0. The Labute approximate surface area is 165 Å². The minimum absolute atomic E-state index is 0.0592. The van der Waals surface area contributed by atoms with Crippen LogP contribution in [0.3, 0.4) is 0 Å². The first kappa shape index (κ1) is 18.5. The van der Waals surface area contributed by atoms with E-state index in [-0.39, 0.29) is 11.3 Å². The van der Waals surface area contributed by atoms with Gasteiger partial charge in [-0.3, -0.25) is 4.79 Å².